The van der Waals surface area contributed by atoms with Gasteiger partial charge in [0.1, 0.15) is 11.6 Å². The lowest BCUT2D eigenvalue weighted by Gasteiger charge is -2.23. The van der Waals surface area contributed by atoms with E-state index in [0.29, 0.717) is 11.1 Å². The summed E-state index contributed by atoms with van der Waals surface area (Å²) >= 11 is 0. The summed E-state index contributed by atoms with van der Waals surface area (Å²) in [4.78, 5) is 24.9. The molecule has 0 bridgehead atoms. The maximum Gasteiger partial charge on any atom is 0.408 e. The maximum absolute atomic E-state index is 12.8. The Morgan fingerprint density at radius 2 is 1.43 bits per heavy atom. The molecule has 4 nitrogen and oxygen atoms in total. The second-order valence-corrected chi connectivity index (χ2v) is 6.22. The number of alkyl carbamates (subject to hydrolysis) is 1. The summed E-state index contributed by atoms with van der Waals surface area (Å²) < 4.78 is 5.27. The first-order valence-corrected chi connectivity index (χ1v) is 7.50. The number of Topliss-reactive ketones (excluding diaryl/α,β-unsaturated/α-hetero) is 1. The maximum atomic E-state index is 12.8. The Kier molecular flexibility index (Phi) is 5.16. The van der Waals surface area contributed by atoms with Gasteiger partial charge in [-0.25, -0.2) is 4.79 Å². The summed E-state index contributed by atoms with van der Waals surface area (Å²) in [5, 5.41) is 2.68. The van der Waals surface area contributed by atoms with Gasteiger partial charge in [0.25, 0.3) is 0 Å². The molecular weight excluding hydrogens is 290 g/mol. The Labute approximate surface area is 136 Å². The van der Waals surface area contributed by atoms with Crippen molar-refractivity contribution in [1.29, 1.82) is 0 Å². The number of carbonyl (C=O) groups excluding carboxylic acids is 2. The van der Waals surface area contributed by atoms with Crippen LogP contribution in [0.2, 0.25) is 0 Å². The standard InChI is InChI=1S/C19H21NO3/c1-19(2,3)23-18(22)20-16(14-10-6-4-7-11-14)17(21)15-12-8-5-9-13-15/h4-13,16H,1-3H3,(H,20,22)/t16-/m0/s1. The van der Waals surface area contributed by atoms with E-state index in [1.165, 1.54) is 0 Å². The van der Waals surface area contributed by atoms with Crippen LogP contribution in [-0.2, 0) is 4.74 Å². The minimum Gasteiger partial charge on any atom is -0.444 e. The zero-order valence-electron chi connectivity index (χ0n) is 13.6. The van der Waals surface area contributed by atoms with Gasteiger partial charge in [-0.15, -0.1) is 0 Å². The number of benzene rings is 2. The molecule has 1 amide bonds. The van der Waals surface area contributed by atoms with Crippen LogP contribution >= 0.6 is 0 Å². The first-order valence-electron chi connectivity index (χ1n) is 7.50. The Hall–Kier alpha value is -2.62. The molecule has 1 N–H and O–H groups in total. The van der Waals surface area contributed by atoms with Crippen molar-refractivity contribution in [3.63, 3.8) is 0 Å². The van der Waals surface area contributed by atoms with Crippen molar-refractivity contribution >= 4 is 11.9 Å². The number of rotatable bonds is 4. The molecule has 2 aromatic rings. The monoisotopic (exact) mass is 311 g/mol. The highest BCUT2D eigenvalue weighted by atomic mass is 16.6. The van der Waals surface area contributed by atoms with E-state index in [-0.39, 0.29) is 5.78 Å². The molecule has 2 aromatic carbocycles. The number of amides is 1. The molecule has 4 heteroatoms. The van der Waals surface area contributed by atoms with Crippen molar-refractivity contribution in [3.8, 4) is 0 Å². The van der Waals surface area contributed by atoms with Crippen molar-refractivity contribution in [2.45, 2.75) is 32.4 Å². The number of carbonyl (C=O) groups is 2. The quantitative estimate of drug-likeness (QED) is 0.864. The number of nitrogens with one attached hydrogen (secondary N) is 1. The van der Waals surface area contributed by atoms with Gasteiger partial charge in [-0.3, -0.25) is 4.79 Å². The summed E-state index contributed by atoms with van der Waals surface area (Å²) in [6.45, 7) is 5.34. The number of ether oxygens (including phenoxy) is 1. The molecule has 0 radical (unpaired) electrons. The molecule has 0 aromatic heterocycles. The lowest BCUT2D eigenvalue weighted by molar-refractivity contribution is 0.0491. The van der Waals surface area contributed by atoms with Gasteiger partial charge in [-0.2, -0.15) is 0 Å². The molecule has 1 atom stereocenters. The normalized spacial score (nSPS) is 12.3. The summed E-state index contributed by atoms with van der Waals surface area (Å²) in [5.74, 6) is -0.178. The first-order chi connectivity index (χ1) is 10.9. The van der Waals surface area contributed by atoms with Crippen LogP contribution in [0.25, 0.3) is 0 Å². The van der Waals surface area contributed by atoms with E-state index in [0.717, 1.165) is 0 Å². The zero-order chi connectivity index (χ0) is 16.9. The number of hydrogen-bond donors (Lipinski definition) is 1. The predicted octanol–water partition coefficient (Wildman–Crippen LogP) is 4.14. The summed E-state index contributed by atoms with van der Waals surface area (Å²) in [7, 11) is 0. The lowest BCUT2D eigenvalue weighted by atomic mass is 9.97. The highest BCUT2D eigenvalue weighted by Gasteiger charge is 2.26. The molecule has 0 heterocycles. The van der Waals surface area contributed by atoms with E-state index in [1.54, 1.807) is 45.0 Å². The van der Waals surface area contributed by atoms with Crippen molar-refractivity contribution in [2.24, 2.45) is 0 Å². The minimum absolute atomic E-state index is 0.178. The molecule has 23 heavy (non-hydrogen) atoms. The summed E-state index contributed by atoms with van der Waals surface area (Å²) in [6.07, 6.45) is -0.615. The number of ketones is 1. The highest BCUT2D eigenvalue weighted by molar-refractivity contribution is 6.02. The molecule has 0 aliphatic carbocycles. The third kappa shape index (κ3) is 4.95. The van der Waals surface area contributed by atoms with Crippen LogP contribution in [0.4, 0.5) is 4.79 Å². The van der Waals surface area contributed by atoms with E-state index >= 15 is 0 Å². The molecule has 0 saturated carbocycles. The third-order valence-electron chi connectivity index (χ3n) is 3.11. The molecule has 0 aliphatic rings. The molecule has 0 saturated heterocycles. The van der Waals surface area contributed by atoms with Crippen LogP contribution in [0.3, 0.4) is 0 Å². The molecular formula is C19H21NO3. The minimum atomic E-state index is -0.784. The number of hydrogen-bond acceptors (Lipinski definition) is 3. The SMILES string of the molecule is CC(C)(C)OC(=O)N[C@H](C(=O)c1ccccc1)c1ccccc1. The average molecular weight is 311 g/mol. The van der Waals surface area contributed by atoms with Gasteiger partial charge in [-0.1, -0.05) is 60.7 Å². The smallest absolute Gasteiger partial charge is 0.408 e. The largest absolute Gasteiger partial charge is 0.444 e. The van der Waals surface area contributed by atoms with Gasteiger partial charge in [-0.05, 0) is 26.3 Å². The fraction of sp³-hybridized carbons (Fsp3) is 0.263. The summed E-state index contributed by atoms with van der Waals surface area (Å²) in [5.41, 5.74) is 0.630. The first kappa shape index (κ1) is 16.7. The second kappa shape index (κ2) is 7.09. The van der Waals surface area contributed by atoms with Crippen LogP contribution in [-0.4, -0.2) is 17.5 Å². The van der Waals surface area contributed by atoms with E-state index in [9.17, 15) is 9.59 Å². The van der Waals surface area contributed by atoms with Crippen molar-refractivity contribution in [3.05, 3.63) is 71.8 Å². The van der Waals surface area contributed by atoms with E-state index in [4.69, 9.17) is 4.74 Å². The summed E-state index contributed by atoms with van der Waals surface area (Å²) in [6, 6.07) is 17.3. The van der Waals surface area contributed by atoms with Crippen LogP contribution in [0.15, 0.2) is 60.7 Å². The Bertz CT molecular complexity index is 660. The van der Waals surface area contributed by atoms with Gasteiger partial charge >= 0.3 is 6.09 Å². The zero-order valence-corrected chi connectivity index (χ0v) is 13.6. The fourth-order valence-corrected chi connectivity index (χ4v) is 2.14. The van der Waals surface area contributed by atoms with Gasteiger partial charge in [0.05, 0.1) is 0 Å². The average Bonchev–Trinajstić information content (AvgIpc) is 2.52. The van der Waals surface area contributed by atoms with Crippen molar-refractivity contribution in [1.82, 2.24) is 5.32 Å². The second-order valence-electron chi connectivity index (χ2n) is 6.22. The van der Waals surface area contributed by atoms with Crippen LogP contribution in [0.1, 0.15) is 42.7 Å². The molecule has 2 rings (SSSR count). The molecule has 0 unspecified atom stereocenters. The van der Waals surface area contributed by atoms with Crippen molar-refractivity contribution in [2.75, 3.05) is 0 Å². The topological polar surface area (TPSA) is 55.4 Å². The van der Waals surface area contributed by atoms with Crippen LogP contribution in [0, 0.1) is 0 Å². The Morgan fingerprint density at radius 3 is 1.96 bits per heavy atom. The van der Waals surface area contributed by atoms with Crippen LogP contribution in [0.5, 0.6) is 0 Å². The molecule has 0 aliphatic heterocycles. The van der Waals surface area contributed by atoms with Crippen molar-refractivity contribution < 1.29 is 14.3 Å². The van der Waals surface area contributed by atoms with Gasteiger partial charge in [0.2, 0.25) is 0 Å². The van der Waals surface area contributed by atoms with Gasteiger partial charge < -0.3 is 10.1 Å². The van der Waals surface area contributed by atoms with Gasteiger partial charge in [0, 0.05) is 5.56 Å². The highest BCUT2D eigenvalue weighted by Crippen LogP contribution is 2.19. The lowest BCUT2D eigenvalue weighted by Crippen LogP contribution is -2.38. The molecule has 120 valence electrons. The third-order valence-corrected chi connectivity index (χ3v) is 3.11. The fourth-order valence-electron chi connectivity index (χ4n) is 2.14. The molecule has 0 spiro atoms. The predicted molar refractivity (Wildman–Crippen MR) is 89.3 cm³/mol. The Balaban J connectivity index is 2.26. The van der Waals surface area contributed by atoms with E-state index in [2.05, 4.69) is 5.32 Å². The van der Waals surface area contributed by atoms with E-state index in [1.807, 2.05) is 36.4 Å². The van der Waals surface area contributed by atoms with Gasteiger partial charge in [0.15, 0.2) is 5.78 Å². The van der Waals surface area contributed by atoms with Crippen LogP contribution < -0.4 is 5.32 Å². The Morgan fingerprint density at radius 1 is 0.913 bits per heavy atom. The molecule has 0 fully saturated rings. The van der Waals surface area contributed by atoms with E-state index < -0.39 is 17.7 Å².